The van der Waals surface area contributed by atoms with Crippen LogP contribution >= 0.6 is 0 Å². The van der Waals surface area contributed by atoms with Crippen molar-refractivity contribution in [3.8, 4) is 0 Å². The van der Waals surface area contributed by atoms with Crippen molar-refractivity contribution in [1.29, 1.82) is 0 Å². The summed E-state index contributed by atoms with van der Waals surface area (Å²) >= 11 is 0. The number of carbonyl (C=O) groups is 1. The molecule has 2 heterocycles. The number of amides is 1. The molecule has 0 aromatic carbocycles. The van der Waals surface area contributed by atoms with E-state index in [1.165, 1.54) is 0 Å². The second-order valence-electron chi connectivity index (χ2n) is 5.70. The van der Waals surface area contributed by atoms with Gasteiger partial charge in [-0.1, -0.05) is 0 Å². The van der Waals surface area contributed by atoms with Gasteiger partial charge in [-0.25, -0.2) is 0 Å². The predicted octanol–water partition coefficient (Wildman–Crippen LogP) is 0.583. The van der Waals surface area contributed by atoms with E-state index in [0.717, 1.165) is 32.4 Å². The van der Waals surface area contributed by atoms with Gasteiger partial charge in [-0.3, -0.25) is 4.79 Å². The zero-order valence-corrected chi connectivity index (χ0v) is 11.2. The number of rotatable bonds is 2. The third-order valence-corrected chi connectivity index (χ3v) is 4.42. The molecule has 0 radical (unpaired) electrons. The van der Waals surface area contributed by atoms with Gasteiger partial charge in [0, 0.05) is 24.7 Å². The molecule has 0 aliphatic carbocycles. The summed E-state index contributed by atoms with van der Waals surface area (Å²) in [6.45, 7) is 6.40. The first-order valence-corrected chi connectivity index (χ1v) is 6.82. The van der Waals surface area contributed by atoms with E-state index in [0.29, 0.717) is 18.1 Å². The highest BCUT2D eigenvalue weighted by Gasteiger charge is 2.32. The molecular weight excluding hydrogens is 214 g/mol. The van der Waals surface area contributed by atoms with Crippen LogP contribution in [0.15, 0.2) is 0 Å². The third-order valence-electron chi connectivity index (χ3n) is 4.42. The van der Waals surface area contributed by atoms with Crippen LogP contribution in [0.5, 0.6) is 0 Å². The van der Waals surface area contributed by atoms with E-state index in [4.69, 9.17) is 0 Å². The molecule has 4 atom stereocenters. The number of nitrogens with one attached hydrogen (secondary N) is 2. The minimum atomic E-state index is 0.171. The molecule has 17 heavy (non-hydrogen) atoms. The standard InChI is InChI=1S/C13H25N3O/c1-9-8-11(5-7-16(9)3)15-13(17)12-4-6-14-10(12)2/h9-12,14H,4-8H2,1-3H3,(H,15,17). The van der Waals surface area contributed by atoms with Crippen molar-refractivity contribution in [2.45, 2.75) is 51.2 Å². The molecule has 0 saturated carbocycles. The summed E-state index contributed by atoms with van der Waals surface area (Å²) in [4.78, 5) is 14.5. The highest BCUT2D eigenvalue weighted by atomic mass is 16.2. The first kappa shape index (κ1) is 12.8. The highest BCUT2D eigenvalue weighted by molar-refractivity contribution is 5.80. The number of hydrogen-bond acceptors (Lipinski definition) is 3. The number of hydrogen-bond donors (Lipinski definition) is 2. The maximum absolute atomic E-state index is 12.1. The molecule has 2 saturated heterocycles. The van der Waals surface area contributed by atoms with Gasteiger partial charge in [-0.05, 0) is 46.7 Å². The summed E-state index contributed by atoms with van der Waals surface area (Å²) in [5.74, 6) is 0.425. The fraction of sp³-hybridized carbons (Fsp3) is 0.923. The molecule has 1 amide bonds. The fourth-order valence-electron chi connectivity index (χ4n) is 2.95. The summed E-state index contributed by atoms with van der Waals surface area (Å²) in [6.07, 6.45) is 3.15. The number of piperidine rings is 1. The van der Waals surface area contributed by atoms with Crippen LogP contribution in [0.4, 0.5) is 0 Å². The molecule has 0 spiro atoms. The van der Waals surface area contributed by atoms with E-state index < -0.39 is 0 Å². The quantitative estimate of drug-likeness (QED) is 0.741. The monoisotopic (exact) mass is 239 g/mol. The molecule has 2 aliphatic heterocycles. The lowest BCUT2D eigenvalue weighted by Gasteiger charge is -2.35. The zero-order valence-electron chi connectivity index (χ0n) is 11.2. The van der Waals surface area contributed by atoms with E-state index in [-0.39, 0.29) is 11.8 Å². The Morgan fingerprint density at radius 2 is 2.12 bits per heavy atom. The van der Waals surface area contributed by atoms with Crippen LogP contribution in [-0.2, 0) is 4.79 Å². The molecular formula is C13H25N3O. The van der Waals surface area contributed by atoms with Gasteiger partial charge in [0.05, 0.1) is 5.92 Å². The Hall–Kier alpha value is -0.610. The second kappa shape index (κ2) is 5.36. The molecule has 0 aromatic rings. The van der Waals surface area contributed by atoms with Crippen LogP contribution in [0.1, 0.15) is 33.1 Å². The summed E-state index contributed by atoms with van der Waals surface area (Å²) in [5, 5.41) is 6.57. The van der Waals surface area contributed by atoms with Gasteiger partial charge in [0.1, 0.15) is 0 Å². The van der Waals surface area contributed by atoms with Crippen molar-refractivity contribution < 1.29 is 4.79 Å². The van der Waals surface area contributed by atoms with Crippen molar-refractivity contribution in [3.05, 3.63) is 0 Å². The van der Waals surface area contributed by atoms with Gasteiger partial charge in [0.15, 0.2) is 0 Å². The Morgan fingerprint density at radius 3 is 2.71 bits per heavy atom. The van der Waals surface area contributed by atoms with Gasteiger partial charge in [-0.2, -0.15) is 0 Å². The lowest BCUT2D eigenvalue weighted by Crippen LogP contribution is -2.49. The Bertz CT molecular complexity index is 282. The van der Waals surface area contributed by atoms with E-state index in [1.807, 2.05) is 0 Å². The molecule has 2 aliphatic rings. The van der Waals surface area contributed by atoms with Gasteiger partial charge >= 0.3 is 0 Å². The van der Waals surface area contributed by atoms with E-state index in [9.17, 15) is 4.79 Å². The first-order chi connectivity index (χ1) is 8.08. The van der Waals surface area contributed by atoms with E-state index >= 15 is 0 Å². The molecule has 2 N–H and O–H groups in total. The summed E-state index contributed by atoms with van der Waals surface area (Å²) in [6, 6.07) is 1.29. The minimum Gasteiger partial charge on any atom is -0.353 e. The molecule has 0 aromatic heterocycles. The van der Waals surface area contributed by atoms with Crippen molar-refractivity contribution in [2.24, 2.45) is 5.92 Å². The Balaban J connectivity index is 1.82. The number of likely N-dealkylation sites (tertiary alicyclic amines) is 1. The summed E-state index contributed by atoms with van der Waals surface area (Å²) in [7, 11) is 2.16. The van der Waals surface area contributed by atoms with Crippen LogP contribution in [-0.4, -0.2) is 49.1 Å². The fourth-order valence-corrected chi connectivity index (χ4v) is 2.95. The van der Waals surface area contributed by atoms with Crippen molar-refractivity contribution in [3.63, 3.8) is 0 Å². The van der Waals surface area contributed by atoms with Gasteiger partial charge in [-0.15, -0.1) is 0 Å². The zero-order chi connectivity index (χ0) is 12.4. The van der Waals surface area contributed by atoms with E-state index in [1.54, 1.807) is 0 Å². The molecule has 2 fully saturated rings. The maximum Gasteiger partial charge on any atom is 0.224 e. The second-order valence-corrected chi connectivity index (χ2v) is 5.70. The van der Waals surface area contributed by atoms with Crippen LogP contribution in [0.3, 0.4) is 0 Å². The number of nitrogens with zero attached hydrogens (tertiary/aromatic N) is 1. The van der Waals surface area contributed by atoms with Crippen LogP contribution in [0, 0.1) is 5.92 Å². The summed E-state index contributed by atoms with van der Waals surface area (Å²) < 4.78 is 0. The Labute approximate surface area is 104 Å². The lowest BCUT2D eigenvalue weighted by molar-refractivity contribution is -0.126. The van der Waals surface area contributed by atoms with Crippen LogP contribution in [0.2, 0.25) is 0 Å². The van der Waals surface area contributed by atoms with Crippen molar-refractivity contribution in [1.82, 2.24) is 15.5 Å². The van der Waals surface area contributed by atoms with Crippen molar-refractivity contribution >= 4 is 5.91 Å². The van der Waals surface area contributed by atoms with Crippen molar-refractivity contribution in [2.75, 3.05) is 20.1 Å². The highest BCUT2D eigenvalue weighted by Crippen LogP contribution is 2.19. The Kier molecular flexibility index (Phi) is 4.05. The Morgan fingerprint density at radius 1 is 1.35 bits per heavy atom. The molecule has 98 valence electrons. The van der Waals surface area contributed by atoms with Gasteiger partial charge in [0.2, 0.25) is 5.91 Å². The average Bonchev–Trinajstić information content (AvgIpc) is 2.70. The largest absolute Gasteiger partial charge is 0.353 e. The first-order valence-electron chi connectivity index (χ1n) is 6.82. The normalized spacial score (nSPS) is 39.2. The lowest BCUT2D eigenvalue weighted by atomic mass is 9.96. The van der Waals surface area contributed by atoms with Gasteiger partial charge in [0.25, 0.3) is 0 Å². The minimum absolute atomic E-state index is 0.171. The molecule has 4 heteroatoms. The molecule has 2 rings (SSSR count). The number of carbonyl (C=O) groups excluding carboxylic acids is 1. The molecule has 4 unspecified atom stereocenters. The summed E-state index contributed by atoms with van der Waals surface area (Å²) in [5.41, 5.74) is 0. The molecule has 0 bridgehead atoms. The third kappa shape index (κ3) is 2.99. The average molecular weight is 239 g/mol. The van der Waals surface area contributed by atoms with Crippen LogP contribution < -0.4 is 10.6 Å². The smallest absolute Gasteiger partial charge is 0.224 e. The van der Waals surface area contributed by atoms with Gasteiger partial charge < -0.3 is 15.5 Å². The predicted molar refractivity (Wildman–Crippen MR) is 68.8 cm³/mol. The van der Waals surface area contributed by atoms with E-state index in [2.05, 4.69) is 36.4 Å². The SMILES string of the molecule is CC1NCCC1C(=O)NC1CCN(C)C(C)C1. The van der Waals surface area contributed by atoms with Crippen LogP contribution in [0.25, 0.3) is 0 Å². The molecule has 4 nitrogen and oxygen atoms in total. The maximum atomic E-state index is 12.1. The topological polar surface area (TPSA) is 44.4 Å².